The van der Waals surface area contributed by atoms with Crippen molar-refractivity contribution in [2.45, 2.75) is 6.42 Å². The highest BCUT2D eigenvalue weighted by atomic mass is 32.1. The number of hydrogen-bond acceptors (Lipinski definition) is 5. The average Bonchev–Trinajstić information content (AvgIpc) is 3.00. The maximum absolute atomic E-state index is 4.64. The van der Waals surface area contributed by atoms with Gasteiger partial charge in [0.1, 0.15) is 5.82 Å². The van der Waals surface area contributed by atoms with Crippen molar-refractivity contribution in [2.24, 2.45) is 0 Å². The molecule has 0 atom stereocenters. The minimum atomic E-state index is 0.731. The van der Waals surface area contributed by atoms with Crippen LogP contribution in [0.3, 0.4) is 0 Å². The Bertz CT molecular complexity index is 680. The van der Waals surface area contributed by atoms with Crippen molar-refractivity contribution in [3.05, 3.63) is 58.7 Å². The predicted octanol–water partition coefficient (Wildman–Crippen LogP) is 3.23. The fraction of sp³-hybridized carbons (Fsp3) is 0.133. The maximum atomic E-state index is 4.64. The first-order valence-corrected chi connectivity index (χ1v) is 7.22. The molecule has 0 bridgehead atoms. The summed E-state index contributed by atoms with van der Waals surface area (Å²) in [6, 6.07) is 12.0. The van der Waals surface area contributed by atoms with Gasteiger partial charge in [-0.05, 0) is 0 Å². The molecule has 100 valence electrons. The van der Waals surface area contributed by atoms with Gasteiger partial charge in [-0.25, -0.2) is 15.0 Å². The van der Waals surface area contributed by atoms with Crippen molar-refractivity contribution in [1.29, 1.82) is 0 Å². The first kappa shape index (κ1) is 12.7. The van der Waals surface area contributed by atoms with E-state index >= 15 is 0 Å². The Morgan fingerprint density at radius 1 is 1.15 bits per heavy atom. The third-order valence-electron chi connectivity index (χ3n) is 2.88. The summed E-state index contributed by atoms with van der Waals surface area (Å²) in [5.74, 6) is 1.56. The number of nitrogens with zero attached hydrogens (tertiary/aromatic N) is 3. The molecular weight excluding hydrogens is 268 g/mol. The van der Waals surface area contributed by atoms with Crippen LogP contribution in [0.25, 0.3) is 11.4 Å². The van der Waals surface area contributed by atoms with E-state index in [0.717, 1.165) is 34.3 Å². The molecule has 5 heteroatoms. The van der Waals surface area contributed by atoms with Gasteiger partial charge < -0.3 is 5.32 Å². The van der Waals surface area contributed by atoms with E-state index in [1.165, 1.54) is 0 Å². The van der Waals surface area contributed by atoms with E-state index in [1.54, 1.807) is 11.3 Å². The molecule has 0 unspecified atom stereocenters. The molecule has 1 N–H and O–H groups in total. The zero-order chi connectivity index (χ0) is 13.8. The molecule has 2 aromatic heterocycles. The summed E-state index contributed by atoms with van der Waals surface area (Å²) in [4.78, 5) is 13.5. The summed E-state index contributed by atoms with van der Waals surface area (Å²) in [5, 5.41) is 6.13. The van der Waals surface area contributed by atoms with Gasteiger partial charge in [-0.1, -0.05) is 30.3 Å². The van der Waals surface area contributed by atoms with E-state index in [0.29, 0.717) is 0 Å². The van der Waals surface area contributed by atoms with Crippen molar-refractivity contribution in [3.8, 4) is 11.4 Å². The molecule has 0 radical (unpaired) electrons. The van der Waals surface area contributed by atoms with Crippen molar-refractivity contribution in [3.63, 3.8) is 0 Å². The molecular formula is C15H14N4S. The van der Waals surface area contributed by atoms with Gasteiger partial charge in [-0.15, -0.1) is 11.3 Å². The normalized spacial score (nSPS) is 10.4. The average molecular weight is 282 g/mol. The second-order valence-corrected chi connectivity index (χ2v) is 5.27. The van der Waals surface area contributed by atoms with Gasteiger partial charge in [0.25, 0.3) is 0 Å². The lowest BCUT2D eigenvalue weighted by molar-refractivity contribution is 1.02. The molecule has 0 aliphatic rings. The van der Waals surface area contributed by atoms with Gasteiger partial charge in [0.15, 0.2) is 5.82 Å². The summed E-state index contributed by atoms with van der Waals surface area (Å²) in [5.41, 5.74) is 1.99. The number of hydrogen-bond donors (Lipinski definition) is 1. The van der Waals surface area contributed by atoms with Crippen LogP contribution in [-0.4, -0.2) is 22.0 Å². The Hall–Kier alpha value is -2.27. The van der Waals surface area contributed by atoms with Crippen molar-refractivity contribution >= 4 is 17.2 Å². The highest BCUT2D eigenvalue weighted by Crippen LogP contribution is 2.19. The summed E-state index contributed by atoms with van der Waals surface area (Å²) in [7, 11) is 1.87. The second kappa shape index (κ2) is 5.79. The Balaban J connectivity index is 1.99. The first-order valence-electron chi connectivity index (χ1n) is 6.34. The second-order valence-electron chi connectivity index (χ2n) is 4.29. The van der Waals surface area contributed by atoms with Crippen LogP contribution in [-0.2, 0) is 6.42 Å². The molecule has 0 fully saturated rings. The fourth-order valence-corrected chi connectivity index (χ4v) is 2.56. The molecule has 0 spiro atoms. The molecule has 0 saturated heterocycles. The molecule has 20 heavy (non-hydrogen) atoms. The Morgan fingerprint density at radius 2 is 2.00 bits per heavy atom. The van der Waals surface area contributed by atoms with Crippen LogP contribution < -0.4 is 5.32 Å². The number of anilines is 1. The van der Waals surface area contributed by atoms with Crippen LogP contribution >= 0.6 is 11.3 Å². The van der Waals surface area contributed by atoms with E-state index < -0.39 is 0 Å². The molecule has 3 aromatic rings. The topological polar surface area (TPSA) is 50.7 Å². The van der Waals surface area contributed by atoms with Gasteiger partial charge in [0.05, 0.1) is 10.7 Å². The maximum Gasteiger partial charge on any atom is 0.161 e. The van der Waals surface area contributed by atoms with Crippen molar-refractivity contribution in [1.82, 2.24) is 15.0 Å². The number of aromatic nitrogens is 3. The number of benzene rings is 1. The first-order chi connectivity index (χ1) is 9.85. The molecule has 1 aromatic carbocycles. The third-order valence-corrected chi connectivity index (χ3v) is 3.66. The molecule has 0 aliphatic carbocycles. The zero-order valence-corrected chi connectivity index (χ0v) is 11.9. The minimum Gasteiger partial charge on any atom is -0.373 e. The zero-order valence-electron chi connectivity index (χ0n) is 11.1. The highest BCUT2D eigenvalue weighted by Gasteiger charge is 2.07. The van der Waals surface area contributed by atoms with Crippen LogP contribution in [0.2, 0.25) is 0 Å². The van der Waals surface area contributed by atoms with Gasteiger partial charge in [-0.2, -0.15) is 0 Å². The fourth-order valence-electron chi connectivity index (χ4n) is 1.93. The Kier molecular flexibility index (Phi) is 3.69. The van der Waals surface area contributed by atoms with Gasteiger partial charge in [-0.3, -0.25) is 0 Å². The molecule has 0 aliphatic heterocycles. The number of nitrogens with one attached hydrogen (secondary N) is 1. The quantitative estimate of drug-likeness (QED) is 0.798. The molecule has 0 saturated carbocycles. The van der Waals surface area contributed by atoms with Gasteiger partial charge >= 0.3 is 0 Å². The smallest absolute Gasteiger partial charge is 0.161 e. The Morgan fingerprint density at radius 3 is 2.70 bits per heavy atom. The Labute approximate surface area is 121 Å². The summed E-state index contributed by atoms with van der Waals surface area (Å²) < 4.78 is 0. The van der Waals surface area contributed by atoms with E-state index in [-0.39, 0.29) is 0 Å². The van der Waals surface area contributed by atoms with E-state index in [2.05, 4.69) is 20.3 Å². The largest absolute Gasteiger partial charge is 0.373 e. The number of rotatable bonds is 4. The van der Waals surface area contributed by atoms with Gasteiger partial charge in [0.2, 0.25) is 0 Å². The van der Waals surface area contributed by atoms with E-state index in [1.807, 2.05) is 55.0 Å². The van der Waals surface area contributed by atoms with Crippen LogP contribution in [0, 0.1) is 0 Å². The van der Waals surface area contributed by atoms with E-state index in [4.69, 9.17) is 0 Å². The lowest BCUT2D eigenvalue weighted by Crippen LogP contribution is -2.01. The lowest BCUT2D eigenvalue weighted by Gasteiger charge is -2.07. The van der Waals surface area contributed by atoms with Gasteiger partial charge in [0, 0.05) is 36.7 Å². The van der Waals surface area contributed by atoms with E-state index in [9.17, 15) is 0 Å². The minimum absolute atomic E-state index is 0.731. The van der Waals surface area contributed by atoms with Crippen LogP contribution in [0.15, 0.2) is 48.0 Å². The highest BCUT2D eigenvalue weighted by molar-refractivity contribution is 7.09. The SMILES string of the molecule is CNc1cc(Cc2nccs2)nc(-c2ccccc2)n1. The van der Waals surface area contributed by atoms with Crippen LogP contribution in [0.1, 0.15) is 10.7 Å². The predicted molar refractivity (Wildman–Crippen MR) is 81.9 cm³/mol. The molecule has 0 amide bonds. The number of thiazole rings is 1. The lowest BCUT2D eigenvalue weighted by atomic mass is 10.2. The summed E-state index contributed by atoms with van der Waals surface area (Å²) in [6.45, 7) is 0. The standard InChI is InChI=1S/C15H14N4S/c1-16-13-9-12(10-14-17-7-8-20-14)18-15(19-13)11-5-3-2-4-6-11/h2-9H,10H2,1H3,(H,16,18,19). The van der Waals surface area contributed by atoms with Crippen LogP contribution in [0.4, 0.5) is 5.82 Å². The monoisotopic (exact) mass is 282 g/mol. The van der Waals surface area contributed by atoms with Crippen molar-refractivity contribution in [2.75, 3.05) is 12.4 Å². The summed E-state index contributed by atoms with van der Waals surface area (Å²) in [6.07, 6.45) is 2.55. The molecule has 3 rings (SSSR count). The van der Waals surface area contributed by atoms with Crippen LogP contribution in [0.5, 0.6) is 0 Å². The van der Waals surface area contributed by atoms with Crippen molar-refractivity contribution < 1.29 is 0 Å². The molecule has 4 nitrogen and oxygen atoms in total. The third kappa shape index (κ3) is 2.83. The summed E-state index contributed by atoms with van der Waals surface area (Å²) >= 11 is 1.64. The molecule has 2 heterocycles.